The summed E-state index contributed by atoms with van der Waals surface area (Å²) in [5.74, 6) is 0.134. The van der Waals surface area contributed by atoms with Gasteiger partial charge in [-0.1, -0.05) is 25.4 Å². The summed E-state index contributed by atoms with van der Waals surface area (Å²) in [5, 5.41) is 3.73. The van der Waals surface area contributed by atoms with Crippen LogP contribution >= 0.6 is 11.6 Å². The van der Waals surface area contributed by atoms with Crippen LogP contribution in [0.2, 0.25) is 5.02 Å². The molecule has 17 heavy (non-hydrogen) atoms. The van der Waals surface area contributed by atoms with Gasteiger partial charge in [0, 0.05) is 11.7 Å². The highest BCUT2D eigenvalue weighted by molar-refractivity contribution is 6.34. The average molecular weight is 255 g/mol. The standard InChI is InChI=1S/C13H19ClN2O/c1-8(2)6-9(3)16-10-4-5-11(13(15)17)12(14)7-10/h4-5,7-9,16H,6H2,1-3H3,(H2,15,17). The van der Waals surface area contributed by atoms with E-state index in [0.717, 1.165) is 12.1 Å². The number of primary amides is 1. The Morgan fingerprint density at radius 3 is 2.53 bits per heavy atom. The summed E-state index contributed by atoms with van der Waals surface area (Å²) in [6.07, 6.45) is 1.08. The fraction of sp³-hybridized carbons (Fsp3) is 0.462. The quantitative estimate of drug-likeness (QED) is 0.847. The molecule has 0 bridgehead atoms. The van der Waals surface area contributed by atoms with Gasteiger partial charge in [-0.3, -0.25) is 4.79 Å². The molecule has 1 aromatic rings. The number of amides is 1. The van der Waals surface area contributed by atoms with Crippen LogP contribution in [0.3, 0.4) is 0 Å². The van der Waals surface area contributed by atoms with Gasteiger partial charge in [-0.2, -0.15) is 0 Å². The number of hydrogen-bond donors (Lipinski definition) is 2. The van der Waals surface area contributed by atoms with Crippen LogP contribution in [0.1, 0.15) is 37.6 Å². The molecule has 0 aliphatic rings. The van der Waals surface area contributed by atoms with Gasteiger partial charge in [0.2, 0.25) is 5.91 Å². The number of nitrogens with two attached hydrogens (primary N) is 1. The minimum atomic E-state index is -0.503. The fourth-order valence-electron chi connectivity index (χ4n) is 1.86. The third kappa shape index (κ3) is 4.27. The lowest BCUT2D eigenvalue weighted by Crippen LogP contribution is -2.18. The van der Waals surface area contributed by atoms with E-state index in [9.17, 15) is 4.79 Å². The van der Waals surface area contributed by atoms with Gasteiger partial charge in [0.1, 0.15) is 0 Å². The first kappa shape index (κ1) is 13.8. The average Bonchev–Trinajstić information content (AvgIpc) is 2.15. The van der Waals surface area contributed by atoms with E-state index in [0.29, 0.717) is 22.5 Å². The maximum atomic E-state index is 11.0. The van der Waals surface area contributed by atoms with Crippen molar-refractivity contribution in [2.24, 2.45) is 11.7 Å². The predicted octanol–water partition coefficient (Wildman–Crippen LogP) is 3.29. The van der Waals surface area contributed by atoms with Gasteiger partial charge < -0.3 is 11.1 Å². The van der Waals surface area contributed by atoms with Crippen LogP contribution in [0, 0.1) is 5.92 Å². The van der Waals surface area contributed by atoms with Crippen molar-refractivity contribution < 1.29 is 4.79 Å². The van der Waals surface area contributed by atoms with E-state index in [4.69, 9.17) is 17.3 Å². The van der Waals surface area contributed by atoms with Crippen LogP contribution in [0.15, 0.2) is 18.2 Å². The molecule has 1 amide bonds. The number of anilines is 1. The largest absolute Gasteiger partial charge is 0.383 e. The van der Waals surface area contributed by atoms with E-state index in [1.165, 1.54) is 0 Å². The number of carbonyl (C=O) groups excluding carboxylic acids is 1. The van der Waals surface area contributed by atoms with Gasteiger partial charge in [0.15, 0.2) is 0 Å². The summed E-state index contributed by atoms with van der Waals surface area (Å²) < 4.78 is 0. The smallest absolute Gasteiger partial charge is 0.250 e. The van der Waals surface area contributed by atoms with Crippen LogP contribution in [0.4, 0.5) is 5.69 Å². The summed E-state index contributed by atoms with van der Waals surface area (Å²) in [6.45, 7) is 6.48. The Bertz CT molecular complexity index is 404. The normalized spacial score (nSPS) is 12.5. The summed E-state index contributed by atoms with van der Waals surface area (Å²) in [6, 6.07) is 5.57. The summed E-state index contributed by atoms with van der Waals surface area (Å²) in [5.41, 5.74) is 6.45. The van der Waals surface area contributed by atoms with Crippen LogP contribution in [-0.2, 0) is 0 Å². The molecular weight excluding hydrogens is 236 g/mol. The highest BCUT2D eigenvalue weighted by Gasteiger charge is 2.09. The van der Waals surface area contributed by atoms with Gasteiger partial charge in [0.25, 0.3) is 0 Å². The van der Waals surface area contributed by atoms with Crippen molar-refractivity contribution >= 4 is 23.2 Å². The highest BCUT2D eigenvalue weighted by atomic mass is 35.5. The Hall–Kier alpha value is -1.22. The lowest BCUT2D eigenvalue weighted by atomic mass is 10.0. The molecule has 1 atom stereocenters. The maximum Gasteiger partial charge on any atom is 0.250 e. The van der Waals surface area contributed by atoms with Gasteiger partial charge in [-0.25, -0.2) is 0 Å². The van der Waals surface area contributed by atoms with Crippen LogP contribution in [0.25, 0.3) is 0 Å². The molecule has 1 rings (SSSR count). The number of carbonyl (C=O) groups is 1. The number of rotatable bonds is 5. The zero-order valence-electron chi connectivity index (χ0n) is 10.5. The van der Waals surface area contributed by atoms with Gasteiger partial charge in [0.05, 0.1) is 10.6 Å². The molecule has 3 nitrogen and oxygen atoms in total. The molecule has 0 heterocycles. The van der Waals surface area contributed by atoms with Crippen molar-refractivity contribution in [3.8, 4) is 0 Å². The molecule has 3 N–H and O–H groups in total. The minimum absolute atomic E-state index is 0.355. The van der Waals surface area contributed by atoms with Gasteiger partial charge in [-0.15, -0.1) is 0 Å². The second-order valence-corrected chi connectivity index (χ2v) is 5.14. The van der Waals surface area contributed by atoms with Crippen LogP contribution in [0.5, 0.6) is 0 Å². The molecule has 1 aromatic carbocycles. The number of halogens is 1. The van der Waals surface area contributed by atoms with E-state index in [1.807, 2.05) is 6.07 Å². The maximum absolute atomic E-state index is 11.0. The van der Waals surface area contributed by atoms with Crippen molar-refractivity contribution in [2.45, 2.75) is 33.2 Å². The Balaban J connectivity index is 2.74. The zero-order chi connectivity index (χ0) is 13.0. The predicted molar refractivity (Wildman–Crippen MR) is 72.5 cm³/mol. The minimum Gasteiger partial charge on any atom is -0.383 e. The van der Waals surface area contributed by atoms with Crippen molar-refractivity contribution in [3.05, 3.63) is 28.8 Å². The van der Waals surface area contributed by atoms with E-state index in [2.05, 4.69) is 26.1 Å². The first-order valence-corrected chi connectivity index (χ1v) is 6.14. The molecule has 94 valence electrons. The van der Waals surface area contributed by atoms with E-state index >= 15 is 0 Å². The Kier molecular flexibility index (Phi) is 4.82. The zero-order valence-corrected chi connectivity index (χ0v) is 11.2. The van der Waals surface area contributed by atoms with Crippen LogP contribution in [-0.4, -0.2) is 11.9 Å². The molecule has 0 radical (unpaired) electrons. The lowest BCUT2D eigenvalue weighted by molar-refractivity contribution is 0.100. The summed E-state index contributed by atoms with van der Waals surface area (Å²) >= 11 is 5.97. The first-order valence-electron chi connectivity index (χ1n) is 5.76. The van der Waals surface area contributed by atoms with Crippen LogP contribution < -0.4 is 11.1 Å². The molecule has 0 saturated carbocycles. The highest BCUT2D eigenvalue weighted by Crippen LogP contribution is 2.22. The van der Waals surface area contributed by atoms with Crippen molar-refractivity contribution in [3.63, 3.8) is 0 Å². The van der Waals surface area contributed by atoms with E-state index < -0.39 is 5.91 Å². The molecule has 0 aromatic heterocycles. The fourth-order valence-corrected chi connectivity index (χ4v) is 2.13. The van der Waals surface area contributed by atoms with Gasteiger partial charge >= 0.3 is 0 Å². The molecule has 4 heteroatoms. The molecule has 0 saturated heterocycles. The van der Waals surface area contributed by atoms with E-state index in [-0.39, 0.29) is 0 Å². The second kappa shape index (κ2) is 5.92. The number of hydrogen-bond acceptors (Lipinski definition) is 2. The topological polar surface area (TPSA) is 55.1 Å². The SMILES string of the molecule is CC(C)CC(C)Nc1ccc(C(N)=O)c(Cl)c1. The molecule has 1 unspecified atom stereocenters. The third-order valence-electron chi connectivity index (χ3n) is 2.47. The second-order valence-electron chi connectivity index (χ2n) is 4.73. The Morgan fingerprint density at radius 1 is 1.41 bits per heavy atom. The monoisotopic (exact) mass is 254 g/mol. The number of nitrogens with one attached hydrogen (secondary N) is 1. The lowest BCUT2D eigenvalue weighted by Gasteiger charge is -2.17. The first-order chi connectivity index (χ1) is 7.90. The Labute approximate surface area is 107 Å². The molecular formula is C13H19ClN2O. The summed E-state index contributed by atoms with van der Waals surface area (Å²) in [4.78, 5) is 11.0. The Morgan fingerprint density at radius 2 is 2.06 bits per heavy atom. The molecule has 0 spiro atoms. The number of benzene rings is 1. The van der Waals surface area contributed by atoms with Gasteiger partial charge in [-0.05, 0) is 37.5 Å². The third-order valence-corrected chi connectivity index (χ3v) is 2.79. The molecule has 0 aliphatic heterocycles. The molecule has 0 aliphatic carbocycles. The van der Waals surface area contributed by atoms with Crippen molar-refractivity contribution in [2.75, 3.05) is 5.32 Å². The molecule has 0 fully saturated rings. The van der Waals surface area contributed by atoms with Crippen molar-refractivity contribution in [1.82, 2.24) is 0 Å². The van der Waals surface area contributed by atoms with Crippen molar-refractivity contribution in [1.29, 1.82) is 0 Å². The van der Waals surface area contributed by atoms with E-state index in [1.54, 1.807) is 12.1 Å². The summed E-state index contributed by atoms with van der Waals surface area (Å²) in [7, 11) is 0.